The van der Waals surface area contributed by atoms with Crippen LogP contribution in [0.15, 0.2) is 42.9 Å². The van der Waals surface area contributed by atoms with Crippen LogP contribution in [0.25, 0.3) is 33.4 Å². The number of nitrogens with zero attached hydrogens (tertiary/aromatic N) is 7. The van der Waals surface area contributed by atoms with Crippen molar-refractivity contribution >= 4 is 16.9 Å². The third kappa shape index (κ3) is 3.91. The Hall–Kier alpha value is -3.46. The van der Waals surface area contributed by atoms with Crippen LogP contribution in [0.1, 0.15) is 13.8 Å². The van der Waals surface area contributed by atoms with Crippen molar-refractivity contribution in [2.24, 2.45) is 13.0 Å². The van der Waals surface area contributed by atoms with E-state index in [0.717, 1.165) is 36.1 Å². The molecule has 0 saturated carbocycles. The molecule has 1 aliphatic rings. The maximum absolute atomic E-state index is 14.4. The van der Waals surface area contributed by atoms with E-state index in [9.17, 15) is 4.39 Å². The predicted molar refractivity (Wildman–Crippen MR) is 122 cm³/mol. The zero-order valence-corrected chi connectivity index (χ0v) is 18.3. The molecule has 8 nitrogen and oxygen atoms in total. The van der Waals surface area contributed by atoms with Crippen molar-refractivity contribution in [1.29, 1.82) is 0 Å². The number of rotatable bonds is 4. The number of fused-ring (bicyclic) bond motifs is 1. The van der Waals surface area contributed by atoms with Crippen LogP contribution in [0.3, 0.4) is 0 Å². The van der Waals surface area contributed by atoms with Gasteiger partial charge < -0.3 is 10.2 Å². The van der Waals surface area contributed by atoms with Crippen molar-refractivity contribution in [3.63, 3.8) is 0 Å². The zero-order valence-electron chi connectivity index (χ0n) is 18.3. The molecular weight excluding hydrogens is 407 g/mol. The van der Waals surface area contributed by atoms with Gasteiger partial charge in [-0.25, -0.2) is 9.37 Å². The van der Waals surface area contributed by atoms with E-state index in [2.05, 4.69) is 49.3 Å². The third-order valence-corrected chi connectivity index (χ3v) is 5.88. The predicted octanol–water partition coefficient (Wildman–Crippen LogP) is 3.06. The lowest BCUT2D eigenvalue weighted by Crippen LogP contribution is -2.53. The number of halogens is 1. The van der Waals surface area contributed by atoms with Crippen molar-refractivity contribution in [2.75, 3.05) is 24.5 Å². The van der Waals surface area contributed by atoms with Crippen molar-refractivity contribution in [3.8, 4) is 22.5 Å². The third-order valence-electron chi connectivity index (χ3n) is 5.88. The van der Waals surface area contributed by atoms with Gasteiger partial charge in [0.2, 0.25) is 5.95 Å². The molecule has 1 atom stereocenters. The lowest BCUT2D eigenvalue weighted by molar-refractivity contribution is 0.365. The first kappa shape index (κ1) is 20.4. The van der Waals surface area contributed by atoms with Crippen molar-refractivity contribution < 1.29 is 4.39 Å². The Labute approximate surface area is 185 Å². The molecule has 1 N–H and O–H groups in total. The highest BCUT2D eigenvalue weighted by Gasteiger charge is 2.23. The van der Waals surface area contributed by atoms with Crippen molar-refractivity contribution in [2.45, 2.75) is 19.9 Å². The molecule has 1 aliphatic heterocycles. The summed E-state index contributed by atoms with van der Waals surface area (Å²) in [6.45, 7) is 7.05. The average molecular weight is 433 g/mol. The Kier molecular flexibility index (Phi) is 5.26. The summed E-state index contributed by atoms with van der Waals surface area (Å²) in [6, 6.07) is 7.57. The number of hydrogen-bond acceptors (Lipinski definition) is 7. The largest absolute Gasteiger partial charge is 0.337 e. The molecule has 4 aromatic rings. The van der Waals surface area contributed by atoms with Crippen LogP contribution >= 0.6 is 0 Å². The van der Waals surface area contributed by atoms with Gasteiger partial charge in [-0.1, -0.05) is 19.9 Å². The van der Waals surface area contributed by atoms with Crippen LogP contribution in [0.2, 0.25) is 0 Å². The zero-order chi connectivity index (χ0) is 22.2. The maximum atomic E-state index is 14.4. The highest BCUT2D eigenvalue weighted by atomic mass is 19.1. The molecule has 0 aliphatic carbocycles. The monoisotopic (exact) mass is 432 g/mol. The Morgan fingerprint density at radius 3 is 2.66 bits per heavy atom. The molecule has 4 heterocycles. The topological polar surface area (TPSA) is 84.7 Å². The number of hydrogen-bond donors (Lipinski definition) is 1. The number of aryl methyl sites for hydroxylation is 1. The summed E-state index contributed by atoms with van der Waals surface area (Å²) in [7, 11) is 1.78. The first-order valence-corrected chi connectivity index (χ1v) is 10.8. The van der Waals surface area contributed by atoms with Crippen LogP contribution in [-0.4, -0.2) is 55.6 Å². The summed E-state index contributed by atoms with van der Waals surface area (Å²) in [5.41, 5.74) is 3.20. The van der Waals surface area contributed by atoms with Crippen LogP contribution in [-0.2, 0) is 7.05 Å². The molecule has 9 heteroatoms. The van der Waals surface area contributed by atoms with Crippen LogP contribution in [0.4, 0.5) is 10.3 Å². The van der Waals surface area contributed by atoms with Gasteiger partial charge in [0.25, 0.3) is 0 Å². The van der Waals surface area contributed by atoms with E-state index in [1.807, 2.05) is 18.2 Å². The molecule has 0 amide bonds. The van der Waals surface area contributed by atoms with Gasteiger partial charge in [0, 0.05) is 56.1 Å². The fraction of sp³-hybridized carbons (Fsp3) is 0.348. The molecule has 3 aromatic heterocycles. The molecule has 5 rings (SSSR count). The molecular formula is C23H25FN8. The quantitative estimate of drug-likeness (QED) is 0.531. The van der Waals surface area contributed by atoms with E-state index in [4.69, 9.17) is 0 Å². The number of anilines is 1. The fourth-order valence-electron chi connectivity index (χ4n) is 4.03. The molecule has 1 saturated heterocycles. The first-order chi connectivity index (χ1) is 15.5. The molecule has 1 aromatic carbocycles. The molecule has 1 fully saturated rings. The van der Waals surface area contributed by atoms with Crippen LogP contribution in [0, 0.1) is 11.7 Å². The lowest BCUT2D eigenvalue weighted by atomic mass is 10.0. The van der Waals surface area contributed by atoms with Crippen molar-refractivity contribution in [1.82, 2.24) is 35.3 Å². The highest BCUT2D eigenvalue weighted by molar-refractivity contribution is 5.84. The van der Waals surface area contributed by atoms with E-state index in [-0.39, 0.29) is 5.82 Å². The Bertz CT molecular complexity index is 1230. The normalized spacial score (nSPS) is 16.8. The molecule has 0 spiro atoms. The Balaban J connectivity index is 1.35. The summed E-state index contributed by atoms with van der Waals surface area (Å²) >= 11 is 0. The van der Waals surface area contributed by atoms with E-state index in [1.54, 1.807) is 30.3 Å². The minimum Gasteiger partial charge on any atom is -0.337 e. The smallest absolute Gasteiger partial charge is 0.245 e. The number of piperazine rings is 1. The lowest BCUT2D eigenvalue weighted by Gasteiger charge is -2.35. The average Bonchev–Trinajstić information content (AvgIpc) is 3.20. The Morgan fingerprint density at radius 1 is 1.06 bits per heavy atom. The number of aromatic nitrogens is 6. The number of nitrogens with one attached hydrogen (secondary N) is 1. The van der Waals surface area contributed by atoms with Gasteiger partial charge in [-0.15, -0.1) is 10.2 Å². The molecule has 0 radical (unpaired) electrons. The molecule has 32 heavy (non-hydrogen) atoms. The summed E-state index contributed by atoms with van der Waals surface area (Å²) < 4.78 is 16.0. The number of benzene rings is 1. The van der Waals surface area contributed by atoms with E-state index < -0.39 is 0 Å². The molecule has 0 bridgehead atoms. The van der Waals surface area contributed by atoms with E-state index in [1.165, 1.54) is 6.07 Å². The Morgan fingerprint density at radius 2 is 1.94 bits per heavy atom. The second-order valence-electron chi connectivity index (χ2n) is 8.52. The molecule has 0 unspecified atom stereocenters. The SMILES string of the molecule is CC(C)[C@H]1CN(c2ncc(-c3ccc(-c4cc(F)c5nn(C)cc5c4)cn3)nn2)CCN1. The fourth-order valence-corrected chi connectivity index (χ4v) is 4.03. The van der Waals surface area contributed by atoms with Gasteiger partial charge >= 0.3 is 0 Å². The highest BCUT2D eigenvalue weighted by Crippen LogP contribution is 2.27. The second-order valence-corrected chi connectivity index (χ2v) is 8.52. The van der Waals surface area contributed by atoms with Crippen LogP contribution in [0.5, 0.6) is 0 Å². The van der Waals surface area contributed by atoms with Gasteiger partial charge in [0.05, 0.1) is 11.9 Å². The maximum Gasteiger partial charge on any atom is 0.245 e. The van der Waals surface area contributed by atoms with Gasteiger partial charge in [0.15, 0.2) is 5.82 Å². The van der Waals surface area contributed by atoms with Crippen LogP contribution < -0.4 is 10.2 Å². The summed E-state index contributed by atoms with van der Waals surface area (Å²) in [4.78, 5) is 11.2. The van der Waals surface area contributed by atoms with E-state index in [0.29, 0.717) is 34.8 Å². The van der Waals surface area contributed by atoms with Gasteiger partial charge in [-0.2, -0.15) is 5.10 Å². The minimum absolute atomic E-state index is 0.347. The van der Waals surface area contributed by atoms with E-state index >= 15 is 0 Å². The van der Waals surface area contributed by atoms with Gasteiger partial charge in [0.1, 0.15) is 11.2 Å². The summed E-state index contributed by atoms with van der Waals surface area (Å²) in [5, 5.41) is 17.1. The minimum atomic E-state index is -0.347. The van der Waals surface area contributed by atoms with Gasteiger partial charge in [-0.05, 0) is 29.7 Å². The standard InChI is InChI=1S/C23H25FN8/c1-14(2)21-13-32(7-6-25-21)23-27-11-20(28-29-23)19-5-4-15(10-26-19)16-8-17-12-31(3)30-22(17)18(24)9-16/h4-5,8-12,14,21,25H,6-7,13H2,1-3H3/t21-/m1/s1. The molecule has 164 valence electrons. The summed E-state index contributed by atoms with van der Waals surface area (Å²) in [6.07, 6.45) is 5.22. The van der Waals surface area contributed by atoms with Gasteiger partial charge in [-0.3, -0.25) is 9.67 Å². The number of pyridine rings is 1. The summed E-state index contributed by atoms with van der Waals surface area (Å²) in [5.74, 6) is 0.832. The first-order valence-electron chi connectivity index (χ1n) is 10.8. The van der Waals surface area contributed by atoms with Crippen molar-refractivity contribution in [3.05, 3.63) is 48.7 Å². The second kappa shape index (κ2) is 8.23.